The number of nitrogens with one attached hydrogen (secondary N) is 2. The molecule has 5 nitrogen and oxygen atoms in total. The first-order chi connectivity index (χ1) is 14.6. The minimum atomic E-state index is -0.0519. The van der Waals surface area contributed by atoms with Crippen LogP contribution in [0.3, 0.4) is 0 Å². The van der Waals surface area contributed by atoms with E-state index in [2.05, 4.69) is 29.6 Å². The van der Waals surface area contributed by atoms with Crippen molar-refractivity contribution in [2.24, 2.45) is 0 Å². The van der Waals surface area contributed by atoms with Gasteiger partial charge in [0, 0.05) is 5.56 Å². The highest BCUT2D eigenvalue weighted by molar-refractivity contribution is 5.94. The van der Waals surface area contributed by atoms with Crippen LogP contribution in [0.1, 0.15) is 28.9 Å². The first-order valence-corrected chi connectivity index (χ1v) is 10.6. The van der Waals surface area contributed by atoms with Gasteiger partial charge in [0.15, 0.2) is 6.54 Å². The number of hydrogen-bond donors (Lipinski definition) is 2. The number of hydrogen-bond acceptors (Lipinski definition) is 2. The van der Waals surface area contributed by atoms with Crippen molar-refractivity contribution in [3.05, 3.63) is 83.9 Å². The molecular formula is C25H28N3O2+. The van der Waals surface area contributed by atoms with Gasteiger partial charge in [-0.05, 0) is 35.4 Å². The van der Waals surface area contributed by atoms with Gasteiger partial charge >= 0.3 is 0 Å². The van der Waals surface area contributed by atoms with Gasteiger partial charge in [0.1, 0.15) is 0 Å². The van der Waals surface area contributed by atoms with E-state index in [4.69, 9.17) is 0 Å². The molecule has 0 bridgehead atoms. The first kappa shape index (κ1) is 20.1. The van der Waals surface area contributed by atoms with Gasteiger partial charge in [-0.25, -0.2) is 0 Å². The number of amides is 2. The van der Waals surface area contributed by atoms with Crippen molar-refractivity contribution in [2.45, 2.75) is 13.0 Å². The SMILES string of the molecule is C[C@H](NC(=O)C[NH+]1CCN(C(=O)c2ccccc2)CC1)c1cccc2ccccc12. The lowest BCUT2D eigenvalue weighted by Crippen LogP contribution is -3.15. The molecule has 2 N–H and O–H groups in total. The van der Waals surface area contributed by atoms with Crippen molar-refractivity contribution < 1.29 is 14.5 Å². The molecule has 1 atom stereocenters. The topological polar surface area (TPSA) is 53.9 Å². The molecular weight excluding hydrogens is 374 g/mol. The first-order valence-electron chi connectivity index (χ1n) is 10.6. The zero-order chi connectivity index (χ0) is 20.9. The summed E-state index contributed by atoms with van der Waals surface area (Å²) in [6.07, 6.45) is 0. The Hall–Kier alpha value is -3.18. The van der Waals surface area contributed by atoms with E-state index < -0.39 is 0 Å². The maximum absolute atomic E-state index is 12.7. The van der Waals surface area contributed by atoms with E-state index in [9.17, 15) is 9.59 Å². The van der Waals surface area contributed by atoms with Crippen LogP contribution >= 0.6 is 0 Å². The van der Waals surface area contributed by atoms with Crippen molar-refractivity contribution in [1.29, 1.82) is 0 Å². The predicted octanol–water partition coefficient (Wildman–Crippen LogP) is 2.06. The molecule has 30 heavy (non-hydrogen) atoms. The highest BCUT2D eigenvalue weighted by Gasteiger charge is 2.26. The van der Waals surface area contributed by atoms with E-state index in [0.29, 0.717) is 19.6 Å². The van der Waals surface area contributed by atoms with E-state index >= 15 is 0 Å². The third-order valence-electron chi connectivity index (χ3n) is 5.86. The molecule has 3 aromatic rings. The number of benzene rings is 3. The second kappa shape index (κ2) is 9.09. The lowest BCUT2D eigenvalue weighted by atomic mass is 10.00. The second-order valence-electron chi connectivity index (χ2n) is 7.94. The van der Waals surface area contributed by atoms with E-state index in [0.717, 1.165) is 24.2 Å². The van der Waals surface area contributed by atoms with Gasteiger partial charge in [-0.15, -0.1) is 0 Å². The fourth-order valence-electron chi connectivity index (χ4n) is 4.19. The average molecular weight is 403 g/mol. The molecule has 4 rings (SSSR count). The Morgan fingerprint density at radius 3 is 2.37 bits per heavy atom. The minimum Gasteiger partial charge on any atom is -0.345 e. The molecule has 0 unspecified atom stereocenters. The van der Waals surface area contributed by atoms with Gasteiger partial charge in [0.2, 0.25) is 0 Å². The molecule has 1 aliphatic heterocycles. The number of nitrogens with zero attached hydrogens (tertiary/aromatic N) is 1. The van der Waals surface area contributed by atoms with E-state index in [1.54, 1.807) is 0 Å². The molecule has 0 aromatic heterocycles. The van der Waals surface area contributed by atoms with Crippen LogP contribution in [0.25, 0.3) is 10.8 Å². The van der Waals surface area contributed by atoms with Crippen LogP contribution in [-0.2, 0) is 4.79 Å². The molecule has 154 valence electrons. The number of carbonyl (C=O) groups excluding carboxylic acids is 2. The summed E-state index contributed by atoms with van der Waals surface area (Å²) in [6, 6.07) is 23.8. The van der Waals surface area contributed by atoms with Crippen LogP contribution in [0, 0.1) is 0 Å². The van der Waals surface area contributed by atoms with E-state index in [1.165, 1.54) is 15.7 Å². The Morgan fingerprint density at radius 2 is 1.60 bits per heavy atom. The molecule has 1 saturated heterocycles. The van der Waals surface area contributed by atoms with Gasteiger partial charge in [0.25, 0.3) is 11.8 Å². The molecule has 5 heteroatoms. The third-order valence-corrected chi connectivity index (χ3v) is 5.86. The number of rotatable bonds is 5. The zero-order valence-corrected chi connectivity index (χ0v) is 17.3. The lowest BCUT2D eigenvalue weighted by molar-refractivity contribution is -0.896. The average Bonchev–Trinajstić information content (AvgIpc) is 2.79. The number of fused-ring (bicyclic) bond motifs is 1. The second-order valence-corrected chi connectivity index (χ2v) is 7.94. The van der Waals surface area contributed by atoms with Crippen LogP contribution in [0.15, 0.2) is 72.8 Å². The van der Waals surface area contributed by atoms with E-state index in [1.807, 2.05) is 60.4 Å². The van der Waals surface area contributed by atoms with Crippen molar-refractivity contribution in [1.82, 2.24) is 10.2 Å². The fourth-order valence-corrected chi connectivity index (χ4v) is 4.19. The molecule has 2 amide bonds. The summed E-state index contributed by atoms with van der Waals surface area (Å²) in [4.78, 5) is 28.3. The van der Waals surface area contributed by atoms with Gasteiger partial charge in [0.05, 0.1) is 32.2 Å². The molecule has 1 aliphatic rings. The largest absolute Gasteiger partial charge is 0.345 e. The minimum absolute atomic E-state index is 0.0493. The third kappa shape index (κ3) is 4.52. The number of piperazine rings is 1. The Morgan fingerprint density at radius 1 is 0.933 bits per heavy atom. The van der Waals surface area contributed by atoms with Crippen LogP contribution in [0.5, 0.6) is 0 Å². The molecule has 3 aromatic carbocycles. The normalized spacial score (nSPS) is 15.7. The Bertz CT molecular complexity index is 1020. The number of quaternary nitrogens is 1. The summed E-state index contributed by atoms with van der Waals surface area (Å²) >= 11 is 0. The highest BCUT2D eigenvalue weighted by Crippen LogP contribution is 2.23. The Labute approximate surface area is 177 Å². The van der Waals surface area contributed by atoms with Gasteiger partial charge in [-0.1, -0.05) is 60.7 Å². The van der Waals surface area contributed by atoms with Gasteiger partial charge < -0.3 is 15.1 Å². The summed E-state index contributed by atoms with van der Waals surface area (Å²) in [5, 5.41) is 5.51. The van der Waals surface area contributed by atoms with Gasteiger partial charge in [-0.2, -0.15) is 0 Å². The molecule has 0 spiro atoms. The lowest BCUT2D eigenvalue weighted by Gasteiger charge is -2.32. The molecule has 0 saturated carbocycles. The molecule has 1 heterocycles. The monoisotopic (exact) mass is 402 g/mol. The molecule has 1 fully saturated rings. The van der Waals surface area contributed by atoms with Gasteiger partial charge in [-0.3, -0.25) is 9.59 Å². The summed E-state index contributed by atoms with van der Waals surface area (Å²) in [5.41, 5.74) is 1.86. The fraction of sp³-hybridized carbons (Fsp3) is 0.280. The van der Waals surface area contributed by atoms with E-state index in [-0.39, 0.29) is 17.9 Å². The van der Waals surface area contributed by atoms with Crippen LogP contribution < -0.4 is 10.2 Å². The molecule has 0 radical (unpaired) electrons. The molecule has 0 aliphatic carbocycles. The highest BCUT2D eigenvalue weighted by atomic mass is 16.2. The quantitative estimate of drug-likeness (QED) is 0.686. The summed E-state index contributed by atoms with van der Waals surface area (Å²) in [5.74, 6) is 0.122. The number of carbonyl (C=O) groups is 2. The summed E-state index contributed by atoms with van der Waals surface area (Å²) < 4.78 is 0. The smallest absolute Gasteiger partial charge is 0.275 e. The van der Waals surface area contributed by atoms with Crippen LogP contribution in [0.4, 0.5) is 0 Å². The Kier molecular flexibility index (Phi) is 6.10. The zero-order valence-electron chi connectivity index (χ0n) is 17.3. The maximum Gasteiger partial charge on any atom is 0.275 e. The predicted molar refractivity (Wildman–Crippen MR) is 118 cm³/mol. The van der Waals surface area contributed by atoms with Crippen molar-refractivity contribution >= 4 is 22.6 Å². The van der Waals surface area contributed by atoms with Crippen molar-refractivity contribution in [3.63, 3.8) is 0 Å². The van der Waals surface area contributed by atoms with Crippen LogP contribution in [0.2, 0.25) is 0 Å². The summed E-state index contributed by atoms with van der Waals surface area (Å²) in [7, 11) is 0. The van der Waals surface area contributed by atoms with Crippen LogP contribution in [-0.4, -0.2) is 49.4 Å². The Balaban J connectivity index is 1.30. The standard InChI is InChI=1S/C25H27N3O2/c1-19(22-13-7-11-20-8-5-6-12-23(20)22)26-24(29)18-27-14-16-28(17-15-27)25(30)21-9-3-2-4-10-21/h2-13,19H,14-18H2,1H3,(H,26,29)/p+1/t19-/m0/s1. The summed E-state index contributed by atoms with van der Waals surface area (Å²) in [6.45, 7) is 5.39. The maximum atomic E-state index is 12.7. The van der Waals surface area contributed by atoms with Crippen molar-refractivity contribution in [3.8, 4) is 0 Å². The van der Waals surface area contributed by atoms with Crippen molar-refractivity contribution in [2.75, 3.05) is 32.7 Å².